The summed E-state index contributed by atoms with van der Waals surface area (Å²) in [6.45, 7) is 0.767. The van der Waals surface area contributed by atoms with Crippen LogP contribution in [0.3, 0.4) is 0 Å². The third kappa shape index (κ3) is 3.70. The Kier molecular flexibility index (Phi) is 5.24. The summed E-state index contributed by atoms with van der Waals surface area (Å²) in [5.74, 6) is -0.0703. The average molecular weight is 373 g/mol. The molecule has 1 aliphatic rings. The van der Waals surface area contributed by atoms with E-state index in [4.69, 9.17) is 16.9 Å². The SMILES string of the molecule is N#Cc1cn(CCC(=O)N2CCCC2c2ccc(Cl)cc2)c(=O)[nH]c1=O. The molecule has 7 nitrogen and oxygen atoms in total. The number of aromatic amines is 1. The summed E-state index contributed by atoms with van der Waals surface area (Å²) < 4.78 is 1.19. The molecule has 0 spiro atoms. The number of carbonyl (C=O) groups is 1. The topological polar surface area (TPSA) is 99.0 Å². The van der Waals surface area contributed by atoms with E-state index in [1.807, 2.05) is 17.0 Å². The average Bonchev–Trinajstić information content (AvgIpc) is 3.11. The number of aryl methyl sites for hydroxylation is 1. The Balaban J connectivity index is 1.72. The monoisotopic (exact) mass is 372 g/mol. The summed E-state index contributed by atoms with van der Waals surface area (Å²) in [6.07, 6.45) is 3.09. The Morgan fingerprint density at radius 3 is 2.73 bits per heavy atom. The number of carbonyl (C=O) groups excluding carboxylic acids is 1. The number of hydrogen-bond acceptors (Lipinski definition) is 4. The molecule has 2 heterocycles. The molecule has 2 aromatic rings. The van der Waals surface area contributed by atoms with Crippen LogP contribution >= 0.6 is 11.6 Å². The van der Waals surface area contributed by atoms with E-state index in [2.05, 4.69) is 4.98 Å². The molecule has 1 atom stereocenters. The van der Waals surface area contributed by atoms with Gasteiger partial charge in [-0.05, 0) is 30.5 Å². The number of nitrogens with one attached hydrogen (secondary N) is 1. The van der Waals surface area contributed by atoms with Crippen LogP contribution in [0.1, 0.15) is 36.4 Å². The molecule has 1 saturated heterocycles. The van der Waals surface area contributed by atoms with Crippen LogP contribution in [0.5, 0.6) is 0 Å². The molecular weight excluding hydrogens is 356 g/mol. The minimum Gasteiger partial charge on any atom is -0.336 e. The van der Waals surface area contributed by atoms with Crippen LogP contribution in [0, 0.1) is 11.3 Å². The number of amides is 1. The fourth-order valence-corrected chi connectivity index (χ4v) is 3.34. The highest BCUT2D eigenvalue weighted by Gasteiger charge is 2.29. The van der Waals surface area contributed by atoms with E-state index >= 15 is 0 Å². The lowest BCUT2D eigenvalue weighted by molar-refractivity contribution is -0.132. The van der Waals surface area contributed by atoms with E-state index in [1.54, 1.807) is 18.2 Å². The zero-order valence-corrected chi connectivity index (χ0v) is 14.7. The highest BCUT2D eigenvalue weighted by atomic mass is 35.5. The normalized spacial score (nSPS) is 16.5. The van der Waals surface area contributed by atoms with Gasteiger partial charge in [-0.3, -0.25) is 19.1 Å². The Hall–Kier alpha value is -2.85. The third-order valence-corrected chi connectivity index (χ3v) is 4.78. The second-order valence-electron chi connectivity index (χ2n) is 6.15. The van der Waals surface area contributed by atoms with Crippen LogP contribution in [0.2, 0.25) is 5.02 Å². The smallest absolute Gasteiger partial charge is 0.328 e. The summed E-state index contributed by atoms with van der Waals surface area (Å²) in [5, 5.41) is 9.54. The molecule has 1 amide bonds. The molecule has 1 aromatic carbocycles. The summed E-state index contributed by atoms with van der Waals surface area (Å²) in [6, 6.07) is 9.19. The van der Waals surface area contributed by atoms with Gasteiger partial charge in [0.25, 0.3) is 5.56 Å². The summed E-state index contributed by atoms with van der Waals surface area (Å²) in [4.78, 5) is 39.8. The van der Waals surface area contributed by atoms with Gasteiger partial charge in [-0.2, -0.15) is 5.26 Å². The van der Waals surface area contributed by atoms with Gasteiger partial charge in [0.05, 0.1) is 6.04 Å². The third-order valence-electron chi connectivity index (χ3n) is 4.53. The summed E-state index contributed by atoms with van der Waals surface area (Å²) in [7, 11) is 0. The maximum absolute atomic E-state index is 12.6. The highest BCUT2D eigenvalue weighted by Crippen LogP contribution is 2.32. The van der Waals surface area contributed by atoms with Crippen LogP contribution in [-0.2, 0) is 11.3 Å². The number of likely N-dealkylation sites (tertiary alicyclic amines) is 1. The first-order valence-corrected chi connectivity index (χ1v) is 8.66. The number of nitriles is 1. The summed E-state index contributed by atoms with van der Waals surface area (Å²) in [5.41, 5.74) is -0.467. The van der Waals surface area contributed by atoms with Gasteiger partial charge in [0.15, 0.2) is 0 Å². The van der Waals surface area contributed by atoms with Gasteiger partial charge in [0.2, 0.25) is 5.91 Å². The lowest BCUT2D eigenvalue weighted by Gasteiger charge is -2.25. The van der Waals surface area contributed by atoms with E-state index in [0.29, 0.717) is 11.6 Å². The first-order valence-electron chi connectivity index (χ1n) is 8.28. The predicted octanol–water partition coefficient (Wildman–Crippen LogP) is 1.82. The minimum absolute atomic E-state index is 0.00161. The van der Waals surface area contributed by atoms with Crippen molar-refractivity contribution in [1.29, 1.82) is 5.26 Å². The van der Waals surface area contributed by atoms with Crippen LogP contribution < -0.4 is 11.2 Å². The Morgan fingerprint density at radius 1 is 1.31 bits per heavy atom. The minimum atomic E-state index is -0.720. The fraction of sp³-hybridized carbons (Fsp3) is 0.333. The van der Waals surface area contributed by atoms with Crippen molar-refractivity contribution in [3.05, 3.63) is 67.4 Å². The fourth-order valence-electron chi connectivity index (χ4n) is 3.21. The first kappa shape index (κ1) is 18.0. The van der Waals surface area contributed by atoms with Crippen LogP contribution in [0.15, 0.2) is 40.1 Å². The van der Waals surface area contributed by atoms with Crippen LogP contribution in [-0.4, -0.2) is 26.9 Å². The van der Waals surface area contributed by atoms with Gasteiger partial charge < -0.3 is 4.90 Å². The van der Waals surface area contributed by atoms with Crippen molar-refractivity contribution in [1.82, 2.24) is 14.5 Å². The highest BCUT2D eigenvalue weighted by molar-refractivity contribution is 6.30. The number of hydrogen-bond donors (Lipinski definition) is 1. The van der Waals surface area contributed by atoms with Crippen molar-refractivity contribution in [2.75, 3.05) is 6.54 Å². The maximum Gasteiger partial charge on any atom is 0.328 e. The van der Waals surface area contributed by atoms with Crippen molar-refractivity contribution in [3.63, 3.8) is 0 Å². The number of rotatable bonds is 4. The van der Waals surface area contributed by atoms with Crippen molar-refractivity contribution in [3.8, 4) is 6.07 Å². The molecule has 0 aliphatic carbocycles. The van der Waals surface area contributed by atoms with Gasteiger partial charge in [-0.15, -0.1) is 0 Å². The number of H-pyrrole nitrogens is 1. The van der Waals surface area contributed by atoms with E-state index in [1.165, 1.54) is 10.8 Å². The van der Waals surface area contributed by atoms with Crippen LogP contribution in [0.25, 0.3) is 0 Å². The molecule has 26 heavy (non-hydrogen) atoms. The van der Waals surface area contributed by atoms with E-state index in [0.717, 1.165) is 18.4 Å². The summed E-state index contributed by atoms with van der Waals surface area (Å²) >= 11 is 5.92. The molecule has 0 bridgehead atoms. The van der Waals surface area contributed by atoms with Gasteiger partial charge >= 0.3 is 5.69 Å². The molecule has 1 unspecified atom stereocenters. The molecule has 0 radical (unpaired) electrons. The Morgan fingerprint density at radius 2 is 2.04 bits per heavy atom. The predicted molar refractivity (Wildman–Crippen MR) is 95.8 cm³/mol. The van der Waals surface area contributed by atoms with E-state index in [-0.39, 0.29) is 30.5 Å². The van der Waals surface area contributed by atoms with Gasteiger partial charge in [-0.1, -0.05) is 23.7 Å². The molecule has 134 valence electrons. The van der Waals surface area contributed by atoms with E-state index in [9.17, 15) is 14.4 Å². The standard InChI is InChI=1S/C18H17ClN4O3/c19-14-5-3-12(4-6-14)15-2-1-8-23(15)16(24)7-9-22-11-13(10-20)17(25)21-18(22)26/h3-6,11,15H,1-2,7-9H2,(H,21,25,26). The van der Waals surface area contributed by atoms with Crippen molar-refractivity contribution in [2.45, 2.75) is 31.8 Å². The van der Waals surface area contributed by atoms with Crippen LogP contribution in [0.4, 0.5) is 0 Å². The molecule has 0 saturated carbocycles. The quantitative estimate of drug-likeness (QED) is 0.884. The molecule has 1 N–H and O–H groups in total. The number of aromatic nitrogens is 2. The zero-order valence-electron chi connectivity index (χ0n) is 13.9. The largest absolute Gasteiger partial charge is 0.336 e. The Bertz CT molecular complexity index is 972. The zero-order chi connectivity index (χ0) is 18.7. The van der Waals surface area contributed by atoms with Crippen molar-refractivity contribution >= 4 is 17.5 Å². The lowest BCUT2D eigenvalue weighted by Crippen LogP contribution is -2.34. The lowest BCUT2D eigenvalue weighted by atomic mass is 10.0. The van der Waals surface area contributed by atoms with Gasteiger partial charge in [-0.25, -0.2) is 4.79 Å². The van der Waals surface area contributed by atoms with Gasteiger partial charge in [0, 0.05) is 30.7 Å². The molecule has 1 aromatic heterocycles. The molecule has 1 fully saturated rings. The number of nitrogens with zero attached hydrogens (tertiary/aromatic N) is 3. The Labute approximate surface area is 154 Å². The maximum atomic E-state index is 12.6. The molecule has 8 heteroatoms. The van der Waals surface area contributed by atoms with Gasteiger partial charge in [0.1, 0.15) is 11.6 Å². The first-order chi connectivity index (χ1) is 12.5. The van der Waals surface area contributed by atoms with Crippen molar-refractivity contribution in [2.24, 2.45) is 0 Å². The molecule has 1 aliphatic heterocycles. The second kappa shape index (κ2) is 7.58. The van der Waals surface area contributed by atoms with Crippen molar-refractivity contribution < 1.29 is 4.79 Å². The number of halogens is 1. The second-order valence-corrected chi connectivity index (χ2v) is 6.59. The number of benzene rings is 1. The van der Waals surface area contributed by atoms with E-state index < -0.39 is 11.2 Å². The molecular formula is C18H17ClN4O3. The molecule has 3 rings (SSSR count).